The molecule has 26 heavy (non-hydrogen) atoms. The minimum Gasteiger partial charge on any atom is -0.485 e. The Hall–Kier alpha value is -2.91. The Kier molecular flexibility index (Phi) is 4.92. The first kappa shape index (κ1) is 17.9. The third kappa shape index (κ3) is 3.39. The number of aliphatic hydroxyl groups is 1. The van der Waals surface area contributed by atoms with Gasteiger partial charge in [0.1, 0.15) is 23.3 Å². The number of rotatable bonds is 3. The second-order valence-electron chi connectivity index (χ2n) is 6.80. The van der Waals surface area contributed by atoms with Crippen LogP contribution in [0.25, 0.3) is 0 Å². The van der Waals surface area contributed by atoms with Crippen LogP contribution in [0, 0.1) is 11.5 Å². The number of aryl methyl sites for hydroxylation is 1. The Morgan fingerprint density at radius 3 is 2.88 bits per heavy atom. The fourth-order valence-corrected chi connectivity index (χ4v) is 3.11. The number of amidine groups is 1. The maximum absolute atomic E-state index is 10.9. The Labute approximate surface area is 153 Å². The normalized spacial score (nSPS) is 21.3. The molecule has 0 amide bonds. The summed E-state index contributed by atoms with van der Waals surface area (Å²) in [5.74, 6) is 1.09. The van der Waals surface area contributed by atoms with E-state index in [4.69, 9.17) is 10.00 Å². The Bertz CT molecular complexity index is 856. The number of pyridine rings is 1. The molecule has 0 saturated carbocycles. The van der Waals surface area contributed by atoms with E-state index in [9.17, 15) is 5.11 Å². The molecule has 3 rings (SSSR count). The van der Waals surface area contributed by atoms with Crippen molar-refractivity contribution in [3.05, 3.63) is 59.4 Å². The SMILES string of the molecule is CCc1ccc2c(c1)[C@H](NC(=NC#N)c1cccnc1)[C@@H](O)C(C)(C)O2. The van der Waals surface area contributed by atoms with Crippen LogP contribution in [0.5, 0.6) is 5.75 Å². The third-order valence-electron chi connectivity index (χ3n) is 4.61. The molecule has 1 aromatic heterocycles. The lowest BCUT2D eigenvalue weighted by Gasteiger charge is -2.42. The number of fused-ring (bicyclic) bond motifs is 1. The van der Waals surface area contributed by atoms with Gasteiger partial charge in [-0.3, -0.25) is 4.98 Å². The lowest BCUT2D eigenvalue weighted by molar-refractivity contribution is -0.0610. The van der Waals surface area contributed by atoms with Gasteiger partial charge in [-0.2, -0.15) is 10.3 Å². The fourth-order valence-electron chi connectivity index (χ4n) is 3.11. The van der Waals surface area contributed by atoms with Crippen LogP contribution in [0.3, 0.4) is 0 Å². The lowest BCUT2D eigenvalue weighted by atomic mass is 9.85. The summed E-state index contributed by atoms with van der Waals surface area (Å²) in [7, 11) is 0. The molecule has 2 N–H and O–H groups in total. The number of hydrogen-bond acceptors (Lipinski definition) is 5. The second kappa shape index (κ2) is 7.14. The highest BCUT2D eigenvalue weighted by Gasteiger charge is 2.43. The summed E-state index contributed by atoms with van der Waals surface area (Å²) < 4.78 is 6.00. The van der Waals surface area contributed by atoms with Gasteiger partial charge in [-0.05, 0) is 50.1 Å². The average Bonchev–Trinajstić information content (AvgIpc) is 2.65. The summed E-state index contributed by atoms with van der Waals surface area (Å²) in [6.07, 6.45) is 5.15. The van der Waals surface area contributed by atoms with E-state index >= 15 is 0 Å². The van der Waals surface area contributed by atoms with Crippen molar-refractivity contribution in [1.29, 1.82) is 5.26 Å². The molecule has 6 heteroatoms. The van der Waals surface area contributed by atoms with Gasteiger partial charge in [0.25, 0.3) is 0 Å². The molecule has 0 aliphatic carbocycles. The van der Waals surface area contributed by atoms with Gasteiger partial charge < -0.3 is 15.2 Å². The maximum Gasteiger partial charge on any atom is 0.207 e. The van der Waals surface area contributed by atoms with Gasteiger partial charge in [-0.15, -0.1) is 0 Å². The highest BCUT2D eigenvalue weighted by molar-refractivity contribution is 5.99. The van der Waals surface area contributed by atoms with Crippen molar-refractivity contribution in [1.82, 2.24) is 10.3 Å². The van der Waals surface area contributed by atoms with Crippen molar-refractivity contribution in [3.8, 4) is 11.9 Å². The van der Waals surface area contributed by atoms with Gasteiger partial charge in [0.05, 0.1) is 6.04 Å². The molecule has 134 valence electrons. The summed E-state index contributed by atoms with van der Waals surface area (Å²) in [5.41, 5.74) is 1.89. The van der Waals surface area contributed by atoms with Crippen molar-refractivity contribution in [2.45, 2.75) is 44.9 Å². The molecule has 1 aliphatic rings. The van der Waals surface area contributed by atoms with Crippen LogP contribution in [0.4, 0.5) is 0 Å². The van der Waals surface area contributed by atoms with E-state index in [-0.39, 0.29) is 0 Å². The number of ether oxygens (including phenoxy) is 1. The van der Waals surface area contributed by atoms with Crippen LogP contribution in [0.1, 0.15) is 43.5 Å². The summed E-state index contributed by atoms with van der Waals surface area (Å²) in [6, 6.07) is 9.11. The van der Waals surface area contributed by atoms with Crippen LogP contribution in [0.2, 0.25) is 0 Å². The molecule has 1 aliphatic heterocycles. The van der Waals surface area contributed by atoms with Gasteiger partial charge >= 0.3 is 0 Å². The van der Waals surface area contributed by atoms with Gasteiger partial charge in [0.15, 0.2) is 0 Å². The molecule has 0 spiro atoms. The molecule has 0 saturated heterocycles. The number of benzene rings is 1. The molecule has 0 fully saturated rings. The first-order valence-electron chi connectivity index (χ1n) is 8.60. The van der Waals surface area contributed by atoms with Crippen molar-refractivity contribution in [3.63, 3.8) is 0 Å². The Morgan fingerprint density at radius 2 is 2.23 bits per heavy atom. The number of nitrogens with zero attached hydrogens (tertiary/aromatic N) is 3. The summed E-state index contributed by atoms with van der Waals surface area (Å²) >= 11 is 0. The van der Waals surface area contributed by atoms with Gasteiger partial charge in [-0.25, -0.2) is 0 Å². The number of aliphatic hydroxyl groups excluding tert-OH is 1. The van der Waals surface area contributed by atoms with Gasteiger partial charge in [0, 0.05) is 23.5 Å². The summed E-state index contributed by atoms with van der Waals surface area (Å²) in [6.45, 7) is 5.76. The van der Waals surface area contributed by atoms with Crippen LogP contribution < -0.4 is 10.1 Å². The fraction of sp³-hybridized carbons (Fsp3) is 0.350. The van der Waals surface area contributed by atoms with E-state index < -0.39 is 17.7 Å². The molecule has 0 radical (unpaired) electrons. The van der Waals surface area contributed by atoms with Crippen molar-refractivity contribution in [2.24, 2.45) is 4.99 Å². The van der Waals surface area contributed by atoms with Crippen LogP contribution >= 0.6 is 0 Å². The van der Waals surface area contributed by atoms with E-state index in [0.29, 0.717) is 11.4 Å². The van der Waals surface area contributed by atoms with E-state index in [1.165, 1.54) is 0 Å². The number of aliphatic imine (C=N–C) groups is 1. The molecule has 2 atom stereocenters. The number of aromatic nitrogens is 1. The first-order valence-corrected chi connectivity index (χ1v) is 8.60. The summed E-state index contributed by atoms with van der Waals surface area (Å²) in [5, 5.41) is 23.3. The standard InChI is InChI=1S/C20H22N4O2/c1-4-13-7-8-16-15(10-13)17(18(25)20(2,3)26-16)24-19(23-12-21)14-6-5-9-22-11-14/h5-11,17-18,25H,4H2,1-3H3,(H,23,24)/t17-,18+/m0/s1. The molecule has 6 nitrogen and oxygen atoms in total. The highest BCUT2D eigenvalue weighted by atomic mass is 16.5. The van der Waals surface area contributed by atoms with Crippen LogP contribution in [-0.2, 0) is 6.42 Å². The maximum atomic E-state index is 10.9. The Morgan fingerprint density at radius 1 is 1.42 bits per heavy atom. The zero-order valence-electron chi connectivity index (χ0n) is 15.1. The molecular formula is C20H22N4O2. The predicted octanol–water partition coefficient (Wildman–Crippen LogP) is 2.73. The average molecular weight is 350 g/mol. The van der Waals surface area contributed by atoms with Crippen molar-refractivity contribution >= 4 is 5.84 Å². The van der Waals surface area contributed by atoms with Crippen molar-refractivity contribution < 1.29 is 9.84 Å². The molecule has 2 heterocycles. The number of nitrogens with one attached hydrogen (secondary N) is 1. The molecule has 1 aromatic carbocycles. The minimum atomic E-state index is -0.831. The van der Waals surface area contributed by atoms with Gasteiger partial charge in [-0.1, -0.05) is 13.0 Å². The topological polar surface area (TPSA) is 90.5 Å². The number of nitriles is 1. The zero-order valence-corrected chi connectivity index (χ0v) is 15.1. The highest BCUT2D eigenvalue weighted by Crippen LogP contribution is 2.40. The van der Waals surface area contributed by atoms with E-state index in [0.717, 1.165) is 23.3 Å². The van der Waals surface area contributed by atoms with E-state index in [2.05, 4.69) is 22.2 Å². The quantitative estimate of drug-likeness (QED) is 0.505. The second-order valence-corrected chi connectivity index (χ2v) is 6.80. The third-order valence-corrected chi connectivity index (χ3v) is 4.61. The largest absolute Gasteiger partial charge is 0.485 e. The first-order chi connectivity index (χ1) is 12.5. The number of hydrogen-bond donors (Lipinski definition) is 2. The molecule has 2 aromatic rings. The zero-order chi connectivity index (χ0) is 18.7. The molecule has 0 bridgehead atoms. The summed E-state index contributed by atoms with van der Waals surface area (Å²) in [4.78, 5) is 7.99. The predicted molar refractivity (Wildman–Crippen MR) is 98.8 cm³/mol. The van der Waals surface area contributed by atoms with E-state index in [1.807, 2.05) is 44.3 Å². The van der Waals surface area contributed by atoms with E-state index in [1.54, 1.807) is 18.5 Å². The Balaban J connectivity index is 2.05. The van der Waals surface area contributed by atoms with Gasteiger partial charge in [0.2, 0.25) is 6.19 Å². The molecular weight excluding hydrogens is 328 g/mol. The molecule has 0 unspecified atom stereocenters. The van der Waals surface area contributed by atoms with Crippen molar-refractivity contribution in [2.75, 3.05) is 0 Å². The van der Waals surface area contributed by atoms with Crippen LogP contribution in [-0.4, -0.2) is 27.6 Å². The van der Waals surface area contributed by atoms with Crippen LogP contribution in [0.15, 0.2) is 47.7 Å². The minimum absolute atomic E-state index is 0.371. The monoisotopic (exact) mass is 350 g/mol. The smallest absolute Gasteiger partial charge is 0.207 e. The lowest BCUT2D eigenvalue weighted by Crippen LogP contribution is -2.53.